The Morgan fingerprint density at radius 3 is 2.43 bits per heavy atom. The second kappa shape index (κ2) is 9.22. The fourth-order valence-corrected chi connectivity index (χ4v) is 4.87. The minimum absolute atomic E-state index is 0.212. The van der Waals surface area contributed by atoms with E-state index in [1.807, 2.05) is 28.8 Å². The first-order valence-corrected chi connectivity index (χ1v) is 11.4. The van der Waals surface area contributed by atoms with Crippen molar-refractivity contribution in [2.45, 2.75) is 70.4 Å². The van der Waals surface area contributed by atoms with Crippen LogP contribution in [0, 0.1) is 0 Å². The molecule has 1 aromatic heterocycles. The highest BCUT2D eigenvalue weighted by Crippen LogP contribution is 2.32. The first-order valence-electron chi connectivity index (χ1n) is 11.4. The van der Waals surface area contributed by atoms with E-state index in [1.54, 1.807) is 0 Å². The molecule has 30 heavy (non-hydrogen) atoms. The summed E-state index contributed by atoms with van der Waals surface area (Å²) in [6.07, 6.45) is 6.66. The van der Waals surface area contributed by atoms with E-state index >= 15 is 0 Å². The Kier molecular flexibility index (Phi) is 6.43. The molecule has 1 fully saturated rings. The van der Waals surface area contributed by atoms with E-state index < -0.39 is 0 Å². The van der Waals surface area contributed by atoms with Gasteiger partial charge < -0.3 is 9.32 Å². The molecular weight excluding hydrogens is 372 g/mol. The van der Waals surface area contributed by atoms with Gasteiger partial charge in [0.05, 0.1) is 5.52 Å². The summed E-state index contributed by atoms with van der Waals surface area (Å²) in [6, 6.07) is 17.7. The molecule has 160 valence electrons. The number of hydrogen-bond donors (Lipinski definition) is 0. The molecule has 1 saturated carbocycles. The van der Waals surface area contributed by atoms with Gasteiger partial charge in [-0.15, -0.1) is 0 Å². The van der Waals surface area contributed by atoms with Gasteiger partial charge in [-0.25, -0.2) is 4.79 Å². The van der Waals surface area contributed by atoms with E-state index in [0.29, 0.717) is 17.5 Å². The van der Waals surface area contributed by atoms with Gasteiger partial charge in [0.2, 0.25) is 0 Å². The molecule has 4 heteroatoms. The molecule has 0 aliphatic heterocycles. The van der Waals surface area contributed by atoms with Crippen LogP contribution in [0.3, 0.4) is 0 Å². The van der Waals surface area contributed by atoms with E-state index in [-0.39, 0.29) is 11.8 Å². The number of aryl methyl sites for hydroxylation is 1. The highest BCUT2D eigenvalue weighted by molar-refractivity contribution is 5.72. The standard InChI is InChI=1S/C26H34N2O2/c1-19(2)21-12-10-20(11-13-21)7-6-18-27(3)22-14-16-23(17-15-22)28-24-8-4-5-9-25(24)30-26(28)29/h4-5,8-13,19,22-23H,6-7,14-18H2,1-3H3. The zero-order valence-electron chi connectivity index (χ0n) is 18.5. The number of benzene rings is 2. The maximum atomic E-state index is 12.4. The Labute approximate surface area is 179 Å². The van der Waals surface area contributed by atoms with Crippen LogP contribution in [0.1, 0.15) is 69.0 Å². The summed E-state index contributed by atoms with van der Waals surface area (Å²) in [7, 11) is 2.26. The summed E-state index contributed by atoms with van der Waals surface area (Å²) in [4.78, 5) is 14.9. The fourth-order valence-electron chi connectivity index (χ4n) is 4.87. The smallest absolute Gasteiger partial charge is 0.408 e. The number of para-hydroxylation sites is 2. The van der Waals surface area contributed by atoms with Crippen LogP contribution in [0.25, 0.3) is 11.1 Å². The van der Waals surface area contributed by atoms with E-state index in [1.165, 1.54) is 17.5 Å². The van der Waals surface area contributed by atoms with Crippen molar-refractivity contribution >= 4 is 11.1 Å². The lowest BCUT2D eigenvalue weighted by Crippen LogP contribution is -2.37. The van der Waals surface area contributed by atoms with E-state index in [0.717, 1.165) is 44.2 Å². The van der Waals surface area contributed by atoms with Gasteiger partial charge in [-0.05, 0) is 81.3 Å². The van der Waals surface area contributed by atoms with Gasteiger partial charge >= 0.3 is 5.76 Å². The second-order valence-electron chi connectivity index (χ2n) is 9.15. The van der Waals surface area contributed by atoms with Crippen molar-refractivity contribution in [3.8, 4) is 0 Å². The van der Waals surface area contributed by atoms with E-state index in [9.17, 15) is 4.79 Å². The predicted molar refractivity (Wildman–Crippen MR) is 123 cm³/mol. The zero-order chi connectivity index (χ0) is 21.1. The third kappa shape index (κ3) is 4.54. The number of rotatable bonds is 7. The third-order valence-electron chi connectivity index (χ3n) is 6.80. The lowest BCUT2D eigenvalue weighted by molar-refractivity contribution is 0.164. The van der Waals surface area contributed by atoms with Gasteiger partial charge in [0.15, 0.2) is 5.58 Å². The van der Waals surface area contributed by atoms with Crippen molar-refractivity contribution in [2.75, 3.05) is 13.6 Å². The molecular formula is C26H34N2O2. The summed E-state index contributed by atoms with van der Waals surface area (Å²) >= 11 is 0. The van der Waals surface area contributed by atoms with Gasteiger partial charge in [-0.1, -0.05) is 50.2 Å². The van der Waals surface area contributed by atoms with Crippen molar-refractivity contribution in [1.82, 2.24) is 9.47 Å². The minimum atomic E-state index is -0.212. The lowest BCUT2D eigenvalue weighted by atomic mass is 9.90. The minimum Gasteiger partial charge on any atom is -0.408 e. The molecule has 0 unspecified atom stereocenters. The Hall–Kier alpha value is -2.33. The molecule has 4 rings (SSSR count). The Morgan fingerprint density at radius 2 is 1.73 bits per heavy atom. The maximum absolute atomic E-state index is 12.4. The molecule has 0 amide bonds. The van der Waals surface area contributed by atoms with Crippen LogP contribution in [0.15, 0.2) is 57.7 Å². The molecule has 0 saturated heterocycles. The molecule has 0 atom stereocenters. The number of fused-ring (bicyclic) bond motifs is 1. The van der Waals surface area contributed by atoms with Crippen molar-refractivity contribution in [1.29, 1.82) is 0 Å². The van der Waals surface area contributed by atoms with Crippen molar-refractivity contribution in [2.24, 2.45) is 0 Å². The summed E-state index contributed by atoms with van der Waals surface area (Å²) < 4.78 is 7.32. The van der Waals surface area contributed by atoms with Crippen molar-refractivity contribution < 1.29 is 4.42 Å². The van der Waals surface area contributed by atoms with Crippen LogP contribution >= 0.6 is 0 Å². The highest BCUT2D eigenvalue weighted by Gasteiger charge is 2.27. The molecule has 2 aromatic carbocycles. The monoisotopic (exact) mass is 406 g/mol. The molecule has 0 spiro atoms. The quantitative estimate of drug-likeness (QED) is 0.500. The number of aromatic nitrogens is 1. The molecule has 1 heterocycles. The first-order chi connectivity index (χ1) is 14.5. The number of oxazole rings is 1. The van der Waals surface area contributed by atoms with Crippen LogP contribution < -0.4 is 5.76 Å². The van der Waals surface area contributed by atoms with Crippen molar-refractivity contribution in [3.63, 3.8) is 0 Å². The molecule has 0 radical (unpaired) electrons. The van der Waals surface area contributed by atoms with Gasteiger partial charge in [-0.2, -0.15) is 0 Å². The molecule has 0 N–H and O–H groups in total. The average molecular weight is 407 g/mol. The summed E-state index contributed by atoms with van der Waals surface area (Å²) in [5.74, 6) is 0.382. The largest absolute Gasteiger partial charge is 0.420 e. The zero-order valence-corrected chi connectivity index (χ0v) is 18.5. The molecule has 1 aliphatic carbocycles. The number of nitrogens with zero attached hydrogens (tertiary/aromatic N) is 2. The van der Waals surface area contributed by atoms with Crippen LogP contribution in [0.5, 0.6) is 0 Å². The maximum Gasteiger partial charge on any atom is 0.420 e. The summed E-state index contributed by atoms with van der Waals surface area (Å²) in [6.45, 7) is 5.60. The first kappa shape index (κ1) is 20.9. The van der Waals surface area contributed by atoms with Crippen molar-refractivity contribution in [3.05, 3.63) is 70.2 Å². The average Bonchev–Trinajstić information content (AvgIpc) is 3.10. The normalized spacial score (nSPS) is 19.8. The Morgan fingerprint density at radius 1 is 1.03 bits per heavy atom. The van der Waals surface area contributed by atoms with Gasteiger partial charge in [-0.3, -0.25) is 4.57 Å². The fraction of sp³-hybridized carbons (Fsp3) is 0.500. The van der Waals surface area contributed by atoms with Crippen LogP contribution in [-0.4, -0.2) is 29.1 Å². The lowest BCUT2D eigenvalue weighted by Gasteiger charge is -2.35. The topological polar surface area (TPSA) is 38.4 Å². The SMILES string of the molecule is CC(C)c1ccc(CCCN(C)C2CCC(n3c(=O)oc4ccccc43)CC2)cc1. The molecule has 3 aromatic rings. The predicted octanol–water partition coefficient (Wildman–Crippen LogP) is 5.77. The Bertz CT molecular complexity index is 1010. The van der Waals surface area contributed by atoms with Crippen LogP contribution in [0.4, 0.5) is 0 Å². The molecule has 1 aliphatic rings. The van der Waals surface area contributed by atoms with E-state index in [4.69, 9.17) is 4.42 Å². The number of hydrogen-bond acceptors (Lipinski definition) is 3. The van der Waals surface area contributed by atoms with Crippen LogP contribution in [0.2, 0.25) is 0 Å². The summed E-state index contributed by atoms with van der Waals surface area (Å²) in [5.41, 5.74) is 4.48. The second-order valence-corrected chi connectivity index (χ2v) is 9.15. The van der Waals surface area contributed by atoms with Gasteiger partial charge in [0.1, 0.15) is 0 Å². The molecule has 4 nitrogen and oxygen atoms in total. The highest BCUT2D eigenvalue weighted by atomic mass is 16.4. The third-order valence-corrected chi connectivity index (χ3v) is 6.80. The van der Waals surface area contributed by atoms with Gasteiger partial charge in [0, 0.05) is 12.1 Å². The molecule has 0 bridgehead atoms. The van der Waals surface area contributed by atoms with Gasteiger partial charge in [0.25, 0.3) is 0 Å². The summed E-state index contributed by atoms with van der Waals surface area (Å²) in [5, 5.41) is 0. The van der Waals surface area contributed by atoms with Crippen LogP contribution in [-0.2, 0) is 6.42 Å². The van der Waals surface area contributed by atoms with E-state index in [2.05, 4.69) is 50.1 Å². The Balaban J connectivity index is 1.27.